The van der Waals surface area contributed by atoms with Crippen molar-refractivity contribution in [3.05, 3.63) is 75.2 Å². The Morgan fingerprint density at radius 2 is 2.09 bits per heavy atom. The van der Waals surface area contributed by atoms with Crippen molar-refractivity contribution in [1.29, 1.82) is 5.26 Å². The van der Waals surface area contributed by atoms with E-state index in [2.05, 4.69) is 17.2 Å². The molecule has 1 heterocycles. The molecule has 0 fully saturated rings. The van der Waals surface area contributed by atoms with Gasteiger partial charge in [0.15, 0.2) is 5.13 Å². The van der Waals surface area contributed by atoms with Crippen LogP contribution in [0.5, 0.6) is 5.75 Å². The number of nitrogens with zero attached hydrogens (tertiary/aromatic N) is 3. The van der Waals surface area contributed by atoms with Gasteiger partial charge in [0.05, 0.1) is 17.2 Å². The molecule has 0 bridgehead atoms. The van der Waals surface area contributed by atoms with E-state index in [1.54, 1.807) is 41.8 Å². The zero-order valence-electron chi connectivity index (χ0n) is 17.3. The number of aromatic nitrogens is 1. The third kappa shape index (κ3) is 6.00. The van der Waals surface area contributed by atoms with Crippen molar-refractivity contribution < 1.29 is 14.5 Å². The van der Waals surface area contributed by atoms with Crippen LogP contribution in [0.2, 0.25) is 0 Å². The number of hydrogen-bond acceptors (Lipinski definition) is 7. The van der Waals surface area contributed by atoms with Gasteiger partial charge in [0, 0.05) is 23.1 Å². The molecule has 162 valence electrons. The first-order valence-electron chi connectivity index (χ1n) is 9.86. The van der Waals surface area contributed by atoms with Crippen molar-refractivity contribution in [1.82, 2.24) is 4.98 Å². The normalized spacial score (nSPS) is 10.9. The number of anilines is 1. The molecule has 0 aliphatic heterocycles. The van der Waals surface area contributed by atoms with Crippen LogP contribution in [0.25, 0.3) is 17.3 Å². The van der Waals surface area contributed by atoms with Gasteiger partial charge < -0.3 is 4.74 Å². The van der Waals surface area contributed by atoms with E-state index in [1.165, 1.54) is 29.5 Å². The number of nitro benzene ring substituents is 1. The first-order valence-corrected chi connectivity index (χ1v) is 10.7. The van der Waals surface area contributed by atoms with Gasteiger partial charge >= 0.3 is 0 Å². The smallest absolute Gasteiger partial charge is 0.270 e. The summed E-state index contributed by atoms with van der Waals surface area (Å²) in [5.41, 5.74) is 1.63. The average Bonchev–Trinajstić information content (AvgIpc) is 3.27. The molecule has 0 saturated carbocycles. The fourth-order valence-corrected chi connectivity index (χ4v) is 3.43. The Balaban J connectivity index is 1.69. The average molecular weight is 449 g/mol. The lowest BCUT2D eigenvalue weighted by molar-refractivity contribution is -0.384. The lowest BCUT2D eigenvalue weighted by atomic mass is 10.1. The first kappa shape index (κ1) is 22.7. The number of amides is 1. The summed E-state index contributed by atoms with van der Waals surface area (Å²) in [6, 6.07) is 15.1. The quantitative estimate of drug-likeness (QED) is 0.153. The zero-order valence-corrected chi connectivity index (χ0v) is 18.1. The number of carbonyl (C=O) groups excluding carboxylic acids is 1. The highest BCUT2D eigenvalue weighted by atomic mass is 32.1. The maximum absolute atomic E-state index is 12.5. The maximum Gasteiger partial charge on any atom is 0.270 e. The SMILES string of the molecule is CCCCOc1ccc(/C=C(\C#N)C(=O)Nc2nc(-c3cccc([N+](=O)[O-])c3)cs2)cc1. The van der Waals surface area contributed by atoms with Crippen molar-refractivity contribution in [2.24, 2.45) is 0 Å². The lowest BCUT2D eigenvalue weighted by Crippen LogP contribution is -2.13. The molecule has 0 atom stereocenters. The van der Waals surface area contributed by atoms with Gasteiger partial charge in [0.1, 0.15) is 17.4 Å². The number of carbonyl (C=O) groups is 1. The van der Waals surface area contributed by atoms with Crippen molar-refractivity contribution in [2.45, 2.75) is 19.8 Å². The van der Waals surface area contributed by atoms with E-state index in [0.29, 0.717) is 23.4 Å². The highest BCUT2D eigenvalue weighted by Crippen LogP contribution is 2.27. The standard InChI is InChI=1S/C23H20N4O4S/c1-2-3-11-31-20-9-7-16(8-10-20)12-18(14-24)22(28)26-23-25-21(15-32-23)17-5-4-6-19(13-17)27(29)30/h4-10,12-13,15H,2-3,11H2,1H3,(H,25,26,28)/b18-12+. The van der Waals surface area contributed by atoms with Gasteiger partial charge in [-0.25, -0.2) is 4.98 Å². The lowest BCUT2D eigenvalue weighted by Gasteiger charge is -2.05. The van der Waals surface area contributed by atoms with Gasteiger partial charge in [0.25, 0.3) is 11.6 Å². The van der Waals surface area contributed by atoms with Gasteiger partial charge in [0.2, 0.25) is 0 Å². The molecule has 0 radical (unpaired) electrons. The third-order valence-electron chi connectivity index (χ3n) is 4.40. The Morgan fingerprint density at radius 3 is 2.78 bits per heavy atom. The Morgan fingerprint density at radius 1 is 1.31 bits per heavy atom. The largest absolute Gasteiger partial charge is 0.494 e. The molecule has 0 aliphatic rings. The summed E-state index contributed by atoms with van der Waals surface area (Å²) >= 11 is 1.17. The number of ether oxygens (including phenoxy) is 1. The Labute approximate surface area is 189 Å². The van der Waals surface area contributed by atoms with E-state index in [4.69, 9.17) is 4.74 Å². The molecule has 32 heavy (non-hydrogen) atoms. The van der Waals surface area contributed by atoms with Crippen LogP contribution in [-0.4, -0.2) is 22.4 Å². The van der Waals surface area contributed by atoms with Gasteiger partial charge in [-0.15, -0.1) is 11.3 Å². The minimum Gasteiger partial charge on any atom is -0.494 e. The molecule has 1 N–H and O–H groups in total. The van der Waals surface area contributed by atoms with Crippen molar-refractivity contribution >= 4 is 34.1 Å². The summed E-state index contributed by atoms with van der Waals surface area (Å²) in [5, 5.41) is 24.9. The number of nitro groups is 1. The van der Waals surface area contributed by atoms with Crippen molar-refractivity contribution in [3.8, 4) is 23.1 Å². The third-order valence-corrected chi connectivity index (χ3v) is 5.16. The van der Waals surface area contributed by atoms with E-state index in [-0.39, 0.29) is 16.4 Å². The van der Waals surface area contributed by atoms with Crippen LogP contribution < -0.4 is 10.1 Å². The van der Waals surface area contributed by atoms with Gasteiger partial charge in [-0.2, -0.15) is 5.26 Å². The van der Waals surface area contributed by atoms with E-state index in [1.807, 2.05) is 6.07 Å². The predicted octanol–water partition coefficient (Wildman–Crippen LogP) is 5.44. The number of non-ortho nitro benzene ring substituents is 1. The fourth-order valence-electron chi connectivity index (χ4n) is 2.72. The molecule has 0 unspecified atom stereocenters. The van der Waals surface area contributed by atoms with Crippen molar-refractivity contribution in [2.75, 3.05) is 11.9 Å². The molecule has 3 aromatic rings. The fraction of sp³-hybridized carbons (Fsp3) is 0.174. The molecule has 0 spiro atoms. The molecule has 1 aromatic heterocycles. The van der Waals surface area contributed by atoms with Crippen LogP contribution >= 0.6 is 11.3 Å². The molecule has 0 aliphatic carbocycles. The van der Waals surface area contributed by atoms with E-state index < -0.39 is 10.8 Å². The summed E-state index contributed by atoms with van der Waals surface area (Å²) in [4.78, 5) is 27.3. The van der Waals surface area contributed by atoms with E-state index >= 15 is 0 Å². The second-order valence-electron chi connectivity index (χ2n) is 6.74. The molecule has 0 saturated heterocycles. The number of rotatable bonds is 9. The van der Waals surface area contributed by atoms with Gasteiger partial charge in [-0.1, -0.05) is 37.6 Å². The first-order chi connectivity index (χ1) is 15.5. The number of nitrogens with one attached hydrogen (secondary N) is 1. The Bertz CT molecular complexity index is 1180. The molecule has 9 heteroatoms. The monoisotopic (exact) mass is 448 g/mol. The summed E-state index contributed by atoms with van der Waals surface area (Å²) in [5.74, 6) is 0.144. The van der Waals surface area contributed by atoms with Gasteiger partial charge in [-0.05, 0) is 30.2 Å². The number of hydrogen-bond donors (Lipinski definition) is 1. The molecular formula is C23H20N4O4S. The van der Waals surface area contributed by atoms with Crippen LogP contribution in [0.4, 0.5) is 10.8 Å². The summed E-state index contributed by atoms with van der Waals surface area (Å²) in [6.07, 6.45) is 3.51. The van der Waals surface area contributed by atoms with Crippen LogP contribution in [0.15, 0.2) is 59.5 Å². The highest BCUT2D eigenvalue weighted by molar-refractivity contribution is 7.14. The van der Waals surface area contributed by atoms with E-state index in [9.17, 15) is 20.2 Å². The molecule has 2 aromatic carbocycles. The summed E-state index contributed by atoms with van der Waals surface area (Å²) in [7, 11) is 0. The topological polar surface area (TPSA) is 118 Å². The Hall–Kier alpha value is -4.03. The maximum atomic E-state index is 12.5. The summed E-state index contributed by atoms with van der Waals surface area (Å²) in [6.45, 7) is 2.73. The number of nitriles is 1. The molecule has 1 amide bonds. The predicted molar refractivity (Wildman–Crippen MR) is 123 cm³/mol. The number of benzene rings is 2. The van der Waals surface area contributed by atoms with Crippen LogP contribution in [0, 0.1) is 21.4 Å². The second kappa shape index (κ2) is 10.8. The van der Waals surface area contributed by atoms with Gasteiger partial charge in [-0.3, -0.25) is 20.2 Å². The number of unbranched alkanes of at least 4 members (excludes halogenated alkanes) is 1. The minimum atomic E-state index is -0.587. The molecule has 3 rings (SSSR count). The van der Waals surface area contributed by atoms with Crippen molar-refractivity contribution in [3.63, 3.8) is 0 Å². The van der Waals surface area contributed by atoms with Crippen LogP contribution in [0.1, 0.15) is 25.3 Å². The highest BCUT2D eigenvalue weighted by Gasteiger charge is 2.14. The molecule has 8 nitrogen and oxygen atoms in total. The van der Waals surface area contributed by atoms with Crippen LogP contribution in [-0.2, 0) is 4.79 Å². The van der Waals surface area contributed by atoms with E-state index in [0.717, 1.165) is 18.6 Å². The summed E-state index contributed by atoms with van der Waals surface area (Å²) < 4.78 is 5.61. The number of thiazole rings is 1. The Kier molecular flexibility index (Phi) is 7.67. The second-order valence-corrected chi connectivity index (χ2v) is 7.60. The minimum absolute atomic E-state index is 0.0439. The zero-order chi connectivity index (χ0) is 22.9. The van der Waals surface area contributed by atoms with Crippen LogP contribution in [0.3, 0.4) is 0 Å². The molecular weight excluding hydrogens is 428 g/mol.